The summed E-state index contributed by atoms with van der Waals surface area (Å²) in [6, 6.07) is 13.3. The summed E-state index contributed by atoms with van der Waals surface area (Å²) in [7, 11) is 0. The SMILES string of the molecule is N#Cc1ccccc1N1CCN2c3ccc(C(F)(F)F)cc3C[C@H](C(=O)NCCCN3CCOCC3)[C@H]2C1. The van der Waals surface area contributed by atoms with Gasteiger partial charge in [-0.1, -0.05) is 12.1 Å². The Morgan fingerprint density at radius 2 is 1.87 bits per heavy atom. The molecule has 3 heterocycles. The smallest absolute Gasteiger partial charge is 0.379 e. The van der Waals surface area contributed by atoms with Crippen LogP contribution >= 0.6 is 0 Å². The molecule has 0 bridgehead atoms. The van der Waals surface area contributed by atoms with E-state index in [1.54, 1.807) is 12.1 Å². The summed E-state index contributed by atoms with van der Waals surface area (Å²) in [4.78, 5) is 20.0. The lowest BCUT2D eigenvalue weighted by atomic mass is 9.82. The third-order valence-electron chi connectivity index (χ3n) is 7.80. The number of halogens is 3. The van der Waals surface area contributed by atoms with Crippen molar-refractivity contribution in [2.75, 3.05) is 68.8 Å². The minimum atomic E-state index is -4.44. The van der Waals surface area contributed by atoms with Crippen molar-refractivity contribution in [3.05, 3.63) is 59.2 Å². The second-order valence-electron chi connectivity index (χ2n) is 10.1. The second-order valence-corrected chi connectivity index (χ2v) is 10.1. The number of ether oxygens (including phenoxy) is 1. The number of amides is 1. The van der Waals surface area contributed by atoms with Gasteiger partial charge in [-0.25, -0.2) is 0 Å². The first-order valence-electron chi connectivity index (χ1n) is 13.1. The summed E-state index contributed by atoms with van der Waals surface area (Å²) < 4.78 is 45.8. The molecule has 10 heteroatoms. The van der Waals surface area contributed by atoms with Gasteiger partial charge in [0.15, 0.2) is 0 Å². The highest BCUT2D eigenvalue weighted by Crippen LogP contribution is 2.40. The van der Waals surface area contributed by atoms with E-state index in [0.717, 1.165) is 56.7 Å². The van der Waals surface area contributed by atoms with Gasteiger partial charge in [-0.2, -0.15) is 18.4 Å². The molecule has 5 rings (SSSR count). The van der Waals surface area contributed by atoms with Crippen LogP contribution in [0.25, 0.3) is 0 Å². The molecule has 3 aliphatic heterocycles. The Kier molecular flexibility index (Phi) is 7.77. The van der Waals surface area contributed by atoms with E-state index in [4.69, 9.17) is 4.74 Å². The Morgan fingerprint density at radius 3 is 2.63 bits per heavy atom. The van der Waals surface area contributed by atoms with Crippen LogP contribution in [0.5, 0.6) is 0 Å². The summed E-state index contributed by atoms with van der Waals surface area (Å²) in [6.45, 7) is 6.22. The second kappa shape index (κ2) is 11.2. The predicted molar refractivity (Wildman–Crippen MR) is 138 cm³/mol. The molecule has 0 saturated carbocycles. The Morgan fingerprint density at radius 1 is 1.08 bits per heavy atom. The maximum atomic E-state index is 13.5. The molecule has 202 valence electrons. The Balaban J connectivity index is 1.35. The fourth-order valence-corrected chi connectivity index (χ4v) is 5.83. The van der Waals surface area contributed by atoms with Crippen LogP contribution < -0.4 is 15.1 Å². The van der Waals surface area contributed by atoms with Crippen molar-refractivity contribution >= 4 is 17.3 Å². The standard InChI is InChI=1S/C28H32F3N5O2/c29-28(30,31)22-6-7-25-21(16-22)17-23(27(37)33-8-3-9-34-12-14-38-15-13-34)26-19-35(10-11-36(25)26)24-5-2-1-4-20(24)18-32/h1-2,4-7,16,23,26H,3,8-15,17,19H2,(H,33,37)/t23-,26+/m0/s1. The number of para-hydroxylation sites is 1. The number of hydrogen-bond donors (Lipinski definition) is 1. The normalized spacial score (nSPS) is 21.8. The Labute approximate surface area is 220 Å². The van der Waals surface area contributed by atoms with Crippen LogP contribution in [-0.4, -0.2) is 75.9 Å². The first-order chi connectivity index (χ1) is 18.3. The fourth-order valence-electron chi connectivity index (χ4n) is 5.83. The van der Waals surface area contributed by atoms with Crippen molar-refractivity contribution in [3.63, 3.8) is 0 Å². The molecular weight excluding hydrogens is 495 g/mol. The number of rotatable bonds is 6. The van der Waals surface area contributed by atoms with Crippen LogP contribution in [0.2, 0.25) is 0 Å². The van der Waals surface area contributed by atoms with Gasteiger partial charge in [0.25, 0.3) is 0 Å². The van der Waals surface area contributed by atoms with Gasteiger partial charge in [0.05, 0.1) is 42.0 Å². The molecule has 2 fully saturated rings. The molecular formula is C28H32F3N5O2. The fraction of sp³-hybridized carbons (Fsp3) is 0.500. The Hall–Kier alpha value is -3.29. The molecule has 0 aromatic heterocycles. The zero-order chi connectivity index (χ0) is 26.7. The van der Waals surface area contributed by atoms with E-state index in [0.29, 0.717) is 37.3 Å². The van der Waals surface area contributed by atoms with Gasteiger partial charge in [0, 0.05) is 45.0 Å². The summed E-state index contributed by atoms with van der Waals surface area (Å²) in [5.41, 5.74) is 2.00. The number of piperazine rings is 1. The largest absolute Gasteiger partial charge is 0.416 e. The number of carbonyl (C=O) groups excluding carboxylic acids is 1. The number of anilines is 2. The average Bonchev–Trinajstić information content (AvgIpc) is 2.94. The van der Waals surface area contributed by atoms with E-state index in [1.807, 2.05) is 18.2 Å². The van der Waals surface area contributed by atoms with Gasteiger partial charge in [-0.05, 0) is 55.3 Å². The molecule has 7 nitrogen and oxygen atoms in total. The minimum absolute atomic E-state index is 0.138. The summed E-state index contributed by atoms with van der Waals surface area (Å²) >= 11 is 0. The summed E-state index contributed by atoms with van der Waals surface area (Å²) in [5.74, 6) is -0.646. The number of hydrogen-bond acceptors (Lipinski definition) is 6. The first kappa shape index (κ1) is 26.3. The molecule has 0 unspecified atom stereocenters. The quantitative estimate of drug-likeness (QED) is 0.582. The molecule has 2 saturated heterocycles. The van der Waals surface area contributed by atoms with Crippen LogP contribution in [0.3, 0.4) is 0 Å². The van der Waals surface area contributed by atoms with Crippen molar-refractivity contribution in [2.45, 2.75) is 25.1 Å². The van der Waals surface area contributed by atoms with Crippen LogP contribution in [-0.2, 0) is 22.1 Å². The predicted octanol–water partition coefficient (Wildman–Crippen LogP) is 3.28. The van der Waals surface area contributed by atoms with E-state index < -0.39 is 17.7 Å². The number of morpholine rings is 1. The van der Waals surface area contributed by atoms with Gasteiger partial charge in [0.1, 0.15) is 6.07 Å². The molecule has 3 aliphatic rings. The molecule has 1 N–H and O–H groups in total. The van der Waals surface area contributed by atoms with Crippen LogP contribution in [0.1, 0.15) is 23.1 Å². The number of benzene rings is 2. The van der Waals surface area contributed by atoms with Crippen LogP contribution in [0.4, 0.5) is 24.5 Å². The van der Waals surface area contributed by atoms with E-state index in [1.165, 1.54) is 6.07 Å². The summed E-state index contributed by atoms with van der Waals surface area (Å²) in [5, 5.41) is 12.7. The van der Waals surface area contributed by atoms with Crippen molar-refractivity contribution in [2.24, 2.45) is 5.92 Å². The molecule has 2 aromatic rings. The number of fused-ring (bicyclic) bond motifs is 3. The number of alkyl halides is 3. The van der Waals surface area contributed by atoms with Crippen LogP contribution in [0.15, 0.2) is 42.5 Å². The minimum Gasteiger partial charge on any atom is -0.379 e. The van der Waals surface area contributed by atoms with Gasteiger partial charge >= 0.3 is 6.18 Å². The summed E-state index contributed by atoms with van der Waals surface area (Å²) in [6.07, 6.45) is -3.41. The first-order valence-corrected chi connectivity index (χ1v) is 13.1. The zero-order valence-electron chi connectivity index (χ0n) is 21.2. The molecule has 0 radical (unpaired) electrons. The lowest BCUT2D eigenvalue weighted by Gasteiger charge is -2.50. The molecule has 0 spiro atoms. The van der Waals surface area contributed by atoms with Gasteiger partial charge in [-0.3, -0.25) is 9.69 Å². The maximum Gasteiger partial charge on any atom is 0.416 e. The van der Waals surface area contributed by atoms with Gasteiger partial charge in [0.2, 0.25) is 5.91 Å². The van der Waals surface area contributed by atoms with Crippen molar-refractivity contribution < 1.29 is 22.7 Å². The third-order valence-corrected chi connectivity index (χ3v) is 7.80. The average molecular weight is 528 g/mol. The van der Waals surface area contributed by atoms with E-state index in [2.05, 4.69) is 26.1 Å². The molecule has 2 aromatic carbocycles. The third kappa shape index (κ3) is 5.59. The zero-order valence-corrected chi connectivity index (χ0v) is 21.2. The van der Waals surface area contributed by atoms with Crippen molar-refractivity contribution in [1.29, 1.82) is 5.26 Å². The Bertz CT molecular complexity index is 1190. The van der Waals surface area contributed by atoms with E-state index >= 15 is 0 Å². The van der Waals surface area contributed by atoms with Gasteiger partial charge < -0.3 is 19.9 Å². The van der Waals surface area contributed by atoms with Crippen molar-refractivity contribution in [3.8, 4) is 6.07 Å². The monoisotopic (exact) mass is 527 g/mol. The molecule has 2 atom stereocenters. The van der Waals surface area contributed by atoms with Crippen molar-refractivity contribution in [1.82, 2.24) is 10.2 Å². The highest BCUT2D eigenvalue weighted by Gasteiger charge is 2.43. The lowest BCUT2D eigenvalue weighted by molar-refractivity contribution is -0.137. The van der Waals surface area contributed by atoms with Gasteiger partial charge in [-0.15, -0.1) is 0 Å². The highest BCUT2D eigenvalue weighted by molar-refractivity contribution is 5.82. The molecule has 1 amide bonds. The van der Waals surface area contributed by atoms with Crippen LogP contribution in [0, 0.1) is 17.2 Å². The maximum absolute atomic E-state index is 13.5. The lowest BCUT2D eigenvalue weighted by Crippen LogP contribution is -2.61. The molecule has 0 aliphatic carbocycles. The number of nitrogens with one attached hydrogen (secondary N) is 1. The van der Waals surface area contributed by atoms with E-state index in [9.17, 15) is 23.2 Å². The number of nitriles is 1. The topological polar surface area (TPSA) is 71.8 Å². The molecule has 38 heavy (non-hydrogen) atoms. The highest BCUT2D eigenvalue weighted by atomic mass is 19.4. The van der Waals surface area contributed by atoms with E-state index in [-0.39, 0.29) is 18.4 Å². The number of carbonyl (C=O) groups is 1. The number of nitrogens with zero attached hydrogens (tertiary/aromatic N) is 4.